The zero-order chi connectivity index (χ0) is 19.1. The number of imide groups is 1. The molecule has 2 atom stereocenters. The summed E-state index contributed by atoms with van der Waals surface area (Å²) in [6.45, 7) is 6.03. The quantitative estimate of drug-likeness (QED) is 0.676. The fraction of sp³-hybridized carbons (Fsp3) is 0.368. The first-order valence-electron chi connectivity index (χ1n) is 9.15. The number of anilines is 3. The zero-order valence-electron chi connectivity index (χ0n) is 15.6. The van der Waals surface area contributed by atoms with Crippen LogP contribution in [0.1, 0.15) is 45.2 Å². The van der Waals surface area contributed by atoms with E-state index in [0.29, 0.717) is 23.3 Å². The Balaban J connectivity index is 1.56. The van der Waals surface area contributed by atoms with Crippen LogP contribution in [0.3, 0.4) is 0 Å². The van der Waals surface area contributed by atoms with Crippen LogP contribution in [0, 0.1) is 5.92 Å². The van der Waals surface area contributed by atoms with Crippen LogP contribution in [0.15, 0.2) is 30.5 Å². The van der Waals surface area contributed by atoms with Crippen molar-refractivity contribution in [1.29, 1.82) is 0 Å². The lowest BCUT2D eigenvalue weighted by molar-refractivity contribution is -0.122. The lowest BCUT2D eigenvalue weighted by atomic mass is 10.1. The van der Waals surface area contributed by atoms with Gasteiger partial charge in [0, 0.05) is 18.0 Å². The van der Waals surface area contributed by atoms with Gasteiger partial charge in [0.1, 0.15) is 0 Å². The van der Waals surface area contributed by atoms with Gasteiger partial charge in [-0.1, -0.05) is 26.8 Å². The van der Waals surface area contributed by atoms with E-state index in [0.717, 1.165) is 17.8 Å². The van der Waals surface area contributed by atoms with Gasteiger partial charge in [-0.25, -0.2) is 9.50 Å². The van der Waals surface area contributed by atoms with Gasteiger partial charge in [0.05, 0.1) is 17.6 Å². The number of amides is 2. The number of fused-ring (bicyclic) bond motifs is 1. The number of aromatic amines is 1. The van der Waals surface area contributed by atoms with Crippen molar-refractivity contribution >= 4 is 34.9 Å². The molecule has 4 rings (SSSR count). The highest BCUT2D eigenvalue weighted by molar-refractivity contribution is 6.20. The van der Waals surface area contributed by atoms with Gasteiger partial charge in [0.25, 0.3) is 5.78 Å². The number of carbonyl (C=O) groups excluding carboxylic acids is 2. The molecule has 1 fully saturated rings. The molecule has 1 saturated heterocycles. The van der Waals surface area contributed by atoms with Crippen LogP contribution in [0.5, 0.6) is 0 Å². The molecule has 2 amide bonds. The minimum Gasteiger partial charge on any atom is -0.324 e. The molecule has 0 spiro atoms. The fourth-order valence-corrected chi connectivity index (χ4v) is 3.21. The molecule has 0 aliphatic carbocycles. The molecule has 2 aromatic heterocycles. The maximum atomic E-state index is 12.2. The van der Waals surface area contributed by atoms with Crippen LogP contribution in [-0.4, -0.2) is 31.4 Å². The van der Waals surface area contributed by atoms with Crippen LogP contribution in [0.25, 0.3) is 5.78 Å². The van der Waals surface area contributed by atoms with E-state index in [4.69, 9.17) is 0 Å². The van der Waals surface area contributed by atoms with E-state index in [1.54, 1.807) is 29.6 Å². The van der Waals surface area contributed by atoms with Gasteiger partial charge in [-0.3, -0.25) is 19.6 Å². The first-order chi connectivity index (χ1) is 13.0. The molecule has 8 nitrogen and oxygen atoms in total. The third-order valence-electron chi connectivity index (χ3n) is 5.00. The third-order valence-corrected chi connectivity index (χ3v) is 5.00. The van der Waals surface area contributed by atoms with E-state index in [2.05, 4.69) is 34.2 Å². The smallest absolute Gasteiger partial charge is 0.252 e. The number of H-pyrrole nitrogens is 1. The lowest BCUT2D eigenvalue weighted by Gasteiger charge is -2.15. The Labute approximate surface area is 156 Å². The Kier molecular flexibility index (Phi) is 4.18. The Morgan fingerprint density at radius 3 is 2.81 bits per heavy atom. The Hall–Kier alpha value is -3.16. The van der Waals surface area contributed by atoms with E-state index in [1.165, 1.54) is 4.90 Å². The topological polar surface area (TPSA) is 95.4 Å². The molecular formula is C19H22N6O2. The van der Waals surface area contributed by atoms with Gasteiger partial charge < -0.3 is 5.32 Å². The summed E-state index contributed by atoms with van der Waals surface area (Å²) < 4.78 is 1.78. The van der Waals surface area contributed by atoms with Crippen molar-refractivity contribution in [1.82, 2.24) is 19.6 Å². The SMILES string of the molecule is CCC(C)c1cn2[nH]c(Nc3cccc(N4C(=O)CC(C)C4=O)c3)nc2n1. The zero-order valence-corrected chi connectivity index (χ0v) is 15.6. The maximum Gasteiger partial charge on any atom is 0.252 e. The molecule has 1 aliphatic rings. The molecule has 2 unspecified atom stereocenters. The summed E-state index contributed by atoms with van der Waals surface area (Å²) in [5, 5.41) is 6.31. The molecular weight excluding hydrogens is 344 g/mol. The Morgan fingerprint density at radius 1 is 1.33 bits per heavy atom. The number of benzene rings is 1. The highest BCUT2D eigenvalue weighted by atomic mass is 16.2. The molecule has 0 radical (unpaired) electrons. The maximum absolute atomic E-state index is 12.2. The summed E-state index contributed by atoms with van der Waals surface area (Å²) in [5.41, 5.74) is 2.30. The molecule has 0 bridgehead atoms. The number of nitrogens with zero attached hydrogens (tertiary/aromatic N) is 4. The number of rotatable bonds is 5. The van der Waals surface area contributed by atoms with Crippen LogP contribution < -0.4 is 10.2 Å². The molecule has 140 valence electrons. The van der Waals surface area contributed by atoms with Gasteiger partial charge in [-0.15, -0.1) is 0 Å². The Morgan fingerprint density at radius 2 is 2.15 bits per heavy atom. The molecule has 1 aromatic carbocycles. The first-order valence-corrected chi connectivity index (χ1v) is 9.15. The second-order valence-corrected chi connectivity index (χ2v) is 7.07. The highest BCUT2D eigenvalue weighted by Crippen LogP contribution is 2.28. The van der Waals surface area contributed by atoms with Crippen LogP contribution in [0.4, 0.5) is 17.3 Å². The van der Waals surface area contributed by atoms with Crippen molar-refractivity contribution in [2.75, 3.05) is 10.2 Å². The van der Waals surface area contributed by atoms with Crippen molar-refractivity contribution in [2.45, 2.75) is 39.5 Å². The second-order valence-electron chi connectivity index (χ2n) is 7.07. The number of hydrogen-bond donors (Lipinski definition) is 2. The molecule has 2 N–H and O–H groups in total. The molecule has 1 aliphatic heterocycles. The predicted molar refractivity (Wildman–Crippen MR) is 102 cm³/mol. The monoisotopic (exact) mass is 366 g/mol. The van der Waals surface area contributed by atoms with Crippen LogP contribution >= 0.6 is 0 Å². The molecule has 3 aromatic rings. The fourth-order valence-electron chi connectivity index (χ4n) is 3.21. The number of carbonyl (C=O) groups is 2. The summed E-state index contributed by atoms with van der Waals surface area (Å²) in [6.07, 6.45) is 3.22. The summed E-state index contributed by atoms with van der Waals surface area (Å²) in [7, 11) is 0. The molecule has 3 heterocycles. The number of imidazole rings is 1. The average molecular weight is 366 g/mol. The normalized spacial score (nSPS) is 18.5. The van der Waals surface area contributed by atoms with Crippen molar-refractivity contribution in [2.24, 2.45) is 5.92 Å². The number of nitrogens with one attached hydrogen (secondary N) is 2. The first kappa shape index (κ1) is 17.3. The van der Waals surface area contributed by atoms with Crippen molar-refractivity contribution in [3.63, 3.8) is 0 Å². The van der Waals surface area contributed by atoms with E-state index >= 15 is 0 Å². The Bertz CT molecular complexity index is 989. The van der Waals surface area contributed by atoms with Gasteiger partial charge in [0.2, 0.25) is 17.8 Å². The van der Waals surface area contributed by atoms with E-state index in [1.807, 2.05) is 12.3 Å². The van der Waals surface area contributed by atoms with Gasteiger partial charge in [-0.05, 0) is 30.5 Å². The van der Waals surface area contributed by atoms with E-state index < -0.39 is 0 Å². The predicted octanol–water partition coefficient (Wildman–Crippen LogP) is 3.21. The van der Waals surface area contributed by atoms with E-state index in [-0.39, 0.29) is 24.2 Å². The average Bonchev–Trinajstić information content (AvgIpc) is 3.26. The lowest BCUT2D eigenvalue weighted by Crippen LogP contribution is -2.29. The minimum absolute atomic E-state index is 0.161. The molecule has 8 heteroatoms. The van der Waals surface area contributed by atoms with E-state index in [9.17, 15) is 9.59 Å². The third kappa shape index (κ3) is 3.07. The highest BCUT2D eigenvalue weighted by Gasteiger charge is 2.36. The van der Waals surface area contributed by atoms with Gasteiger partial charge in [-0.2, -0.15) is 4.98 Å². The van der Waals surface area contributed by atoms with Crippen LogP contribution in [-0.2, 0) is 9.59 Å². The van der Waals surface area contributed by atoms with Gasteiger partial charge >= 0.3 is 0 Å². The second kappa shape index (κ2) is 6.53. The summed E-state index contributed by atoms with van der Waals surface area (Å²) >= 11 is 0. The molecule has 27 heavy (non-hydrogen) atoms. The molecule has 0 saturated carbocycles. The van der Waals surface area contributed by atoms with Gasteiger partial charge in [0.15, 0.2) is 0 Å². The van der Waals surface area contributed by atoms with Crippen molar-refractivity contribution in [3.8, 4) is 0 Å². The summed E-state index contributed by atoms with van der Waals surface area (Å²) in [6, 6.07) is 7.18. The summed E-state index contributed by atoms with van der Waals surface area (Å²) in [4.78, 5) is 34.6. The largest absolute Gasteiger partial charge is 0.324 e. The number of aromatic nitrogens is 4. The minimum atomic E-state index is -0.272. The van der Waals surface area contributed by atoms with Crippen LogP contribution in [0.2, 0.25) is 0 Å². The summed E-state index contributed by atoms with van der Waals surface area (Å²) in [5.74, 6) is 0.920. The standard InChI is InChI=1S/C19H22N6O2/c1-4-11(2)15-10-24-19(21-15)22-18(23-24)20-13-6-5-7-14(9-13)25-16(26)8-12(3)17(25)27/h5-7,9-12H,4,8H2,1-3H3,(H2,20,21,22,23). The van der Waals surface area contributed by atoms with Crippen molar-refractivity contribution in [3.05, 3.63) is 36.2 Å². The number of hydrogen-bond acceptors (Lipinski definition) is 5. The van der Waals surface area contributed by atoms with Crippen molar-refractivity contribution < 1.29 is 9.59 Å².